The van der Waals surface area contributed by atoms with E-state index in [9.17, 15) is 9.59 Å². The van der Waals surface area contributed by atoms with E-state index in [1.165, 1.54) is 12.1 Å². The Bertz CT molecular complexity index is 433. The van der Waals surface area contributed by atoms with Crippen molar-refractivity contribution in [1.29, 1.82) is 0 Å². The lowest BCUT2D eigenvalue weighted by molar-refractivity contribution is -0.121. The first-order valence-corrected chi connectivity index (χ1v) is 5.92. The van der Waals surface area contributed by atoms with Crippen LogP contribution in [0.3, 0.4) is 0 Å². The van der Waals surface area contributed by atoms with Crippen LogP contribution >= 0.6 is 0 Å². The molecule has 6 nitrogen and oxygen atoms in total. The molecule has 0 spiro atoms. The molecule has 1 rings (SSSR count). The van der Waals surface area contributed by atoms with Crippen molar-refractivity contribution in [2.75, 3.05) is 31.7 Å². The summed E-state index contributed by atoms with van der Waals surface area (Å²) in [6, 6.07) is 6.02. The fourth-order valence-corrected chi connectivity index (χ4v) is 1.35. The van der Waals surface area contributed by atoms with E-state index in [4.69, 9.17) is 14.6 Å². The summed E-state index contributed by atoms with van der Waals surface area (Å²) in [5.74, 6) is -1.37. The van der Waals surface area contributed by atoms with Crippen LogP contribution < -0.4 is 5.32 Å². The molecule has 0 aliphatic carbocycles. The van der Waals surface area contributed by atoms with Crippen molar-refractivity contribution >= 4 is 17.6 Å². The van der Waals surface area contributed by atoms with Gasteiger partial charge in [-0.25, -0.2) is 4.79 Å². The monoisotopic (exact) mass is 267 g/mol. The van der Waals surface area contributed by atoms with Gasteiger partial charge in [-0.1, -0.05) is 6.07 Å². The minimum Gasteiger partial charge on any atom is -0.478 e. The number of carboxylic acids is 1. The Morgan fingerprint density at radius 1 is 1.26 bits per heavy atom. The highest BCUT2D eigenvalue weighted by Crippen LogP contribution is 2.10. The molecule has 104 valence electrons. The lowest BCUT2D eigenvalue weighted by Gasteiger charge is -2.07. The molecule has 0 atom stereocenters. The van der Waals surface area contributed by atoms with Crippen molar-refractivity contribution < 1.29 is 24.2 Å². The first-order chi connectivity index (χ1) is 9.13. The molecule has 1 amide bonds. The minimum absolute atomic E-state index is 0.0929. The van der Waals surface area contributed by atoms with Gasteiger partial charge in [0.15, 0.2) is 0 Å². The number of anilines is 1. The number of carbonyl (C=O) groups is 2. The Hall–Kier alpha value is -1.92. The van der Waals surface area contributed by atoms with Gasteiger partial charge in [0.1, 0.15) is 6.61 Å². The number of hydrogen-bond donors (Lipinski definition) is 2. The second-order valence-corrected chi connectivity index (χ2v) is 3.68. The van der Waals surface area contributed by atoms with Crippen LogP contribution in [-0.2, 0) is 14.3 Å². The van der Waals surface area contributed by atoms with E-state index in [-0.39, 0.29) is 18.1 Å². The molecule has 0 aliphatic rings. The number of nitrogens with one attached hydrogen (secondary N) is 1. The van der Waals surface area contributed by atoms with Crippen LogP contribution in [0.25, 0.3) is 0 Å². The number of carboxylic acid groups (broad SMARTS) is 1. The number of rotatable bonds is 8. The van der Waals surface area contributed by atoms with Crippen LogP contribution in [0.4, 0.5) is 5.69 Å². The summed E-state index contributed by atoms with van der Waals surface area (Å²) in [7, 11) is 0. The zero-order valence-electron chi connectivity index (χ0n) is 10.7. The maximum Gasteiger partial charge on any atom is 0.335 e. The lowest BCUT2D eigenvalue weighted by atomic mass is 10.2. The molecule has 1 aromatic rings. The summed E-state index contributed by atoms with van der Waals surface area (Å²) >= 11 is 0. The summed E-state index contributed by atoms with van der Waals surface area (Å²) in [5.41, 5.74) is 0.549. The third-order valence-corrected chi connectivity index (χ3v) is 2.20. The summed E-state index contributed by atoms with van der Waals surface area (Å²) in [5, 5.41) is 11.4. The van der Waals surface area contributed by atoms with Crippen molar-refractivity contribution in [2.45, 2.75) is 6.92 Å². The quantitative estimate of drug-likeness (QED) is 0.695. The van der Waals surface area contributed by atoms with Gasteiger partial charge in [-0.2, -0.15) is 0 Å². The SMILES string of the molecule is CCOCCOCC(=O)Nc1cccc(C(=O)O)c1. The van der Waals surface area contributed by atoms with E-state index in [2.05, 4.69) is 5.32 Å². The van der Waals surface area contributed by atoms with Gasteiger partial charge >= 0.3 is 5.97 Å². The van der Waals surface area contributed by atoms with E-state index in [1.54, 1.807) is 12.1 Å². The number of benzene rings is 1. The maximum absolute atomic E-state index is 11.5. The Morgan fingerprint density at radius 2 is 2.00 bits per heavy atom. The first kappa shape index (κ1) is 15.1. The highest BCUT2D eigenvalue weighted by atomic mass is 16.5. The Labute approximate surface area is 111 Å². The Morgan fingerprint density at radius 3 is 2.68 bits per heavy atom. The van der Waals surface area contributed by atoms with Gasteiger partial charge in [-0.15, -0.1) is 0 Å². The van der Waals surface area contributed by atoms with Crippen molar-refractivity contribution in [2.24, 2.45) is 0 Å². The molecule has 19 heavy (non-hydrogen) atoms. The molecule has 0 saturated heterocycles. The third-order valence-electron chi connectivity index (χ3n) is 2.20. The van der Waals surface area contributed by atoms with Crippen molar-refractivity contribution in [3.05, 3.63) is 29.8 Å². The van der Waals surface area contributed by atoms with Gasteiger partial charge in [-0.3, -0.25) is 4.79 Å². The van der Waals surface area contributed by atoms with Gasteiger partial charge in [0.2, 0.25) is 5.91 Å². The van der Waals surface area contributed by atoms with Crippen LogP contribution in [0.15, 0.2) is 24.3 Å². The molecule has 2 N–H and O–H groups in total. The average Bonchev–Trinajstić information content (AvgIpc) is 2.38. The van der Waals surface area contributed by atoms with Crippen LogP contribution in [-0.4, -0.2) is 43.4 Å². The molecule has 0 heterocycles. The van der Waals surface area contributed by atoms with E-state index in [0.717, 1.165) is 0 Å². The van der Waals surface area contributed by atoms with Crippen LogP contribution in [0.2, 0.25) is 0 Å². The summed E-state index contributed by atoms with van der Waals surface area (Å²) < 4.78 is 10.1. The fourth-order valence-electron chi connectivity index (χ4n) is 1.35. The van der Waals surface area contributed by atoms with Crippen LogP contribution in [0.1, 0.15) is 17.3 Å². The number of ether oxygens (including phenoxy) is 2. The molecule has 0 fully saturated rings. The van der Waals surface area contributed by atoms with Crippen LogP contribution in [0, 0.1) is 0 Å². The molecule has 1 aromatic carbocycles. The summed E-state index contributed by atoms with van der Waals surface area (Å²) in [6.45, 7) is 3.18. The normalized spacial score (nSPS) is 10.2. The van der Waals surface area contributed by atoms with Crippen molar-refractivity contribution in [3.8, 4) is 0 Å². The zero-order valence-corrected chi connectivity index (χ0v) is 10.7. The predicted molar refractivity (Wildman–Crippen MR) is 69.3 cm³/mol. The van der Waals surface area contributed by atoms with Crippen molar-refractivity contribution in [1.82, 2.24) is 0 Å². The van der Waals surface area contributed by atoms with Gasteiger partial charge in [-0.05, 0) is 25.1 Å². The van der Waals surface area contributed by atoms with Crippen LogP contribution in [0.5, 0.6) is 0 Å². The lowest BCUT2D eigenvalue weighted by Crippen LogP contribution is -2.20. The highest BCUT2D eigenvalue weighted by Gasteiger charge is 2.06. The number of amides is 1. The molecule has 0 aromatic heterocycles. The topological polar surface area (TPSA) is 84.9 Å². The summed E-state index contributed by atoms with van der Waals surface area (Å²) in [6.07, 6.45) is 0. The smallest absolute Gasteiger partial charge is 0.335 e. The minimum atomic E-state index is -1.04. The molecule has 0 aliphatic heterocycles. The first-order valence-electron chi connectivity index (χ1n) is 5.92. The van der Waals surface area contributed by atoms with Gasteiger partial charge in [0, 0.05) is 12.3 Å². The molecular weight excluding hydrogens is 250 g/mol. The molecule has 6 heteroatoms. The van der Waals surface area contributed by atoms with Gasteiger partial charge < -0.3 is 19.9 Å². The maximum atomic E-state index is 11.5. The van der Waals surface area contributed by atoms with Gasteiger partial charge in [0.25, 0.3) is 0 Å². The van der Waals surface area contributed by atoms with E-state index in [0.29, 0.717) is 25.5 Å². The number of aromatic carboxylic acids is 1. The molecule has 0 unspecified atom stereocenters. The van der Waals surface area contributed by atoms with E-state index < -0.39 is 5.97 Å². The second-order valence-electron chi connectivity index (χ2n) is 3.68. The predicted octanol–water partition coefficient (Wildman–Crippen LogP) is 1.38. The second kappa shape index (κ2) is 8.23. The van der Waals surface area contributed by atoms with Gasteiger partial charge in [0.05, 0.1) is 18.8 Å². The van der Waals surface area contributed by atoms with E-state index >= 15 is 0 Å². The molecule has 0 bridgehead atoms. The highest BCUT2D eigenvalue weighted by molar-refractivity contribution is 5.94. The van der Waals surface area contributed by atoms with Crippen molar-refractivity contribution in [3.63, 3.8) is 0 Å². The molecule has 0 saturated carbocycles. The summed E-state index contributed by atoms with van der Waals surface area (Å²) in [4.78, 5) is 22.3. The largest absolute Gasteiger partial charge is 0.478 e. The third kappa shape index (κ3) is 5.98. The molecular formula is C13H17NO5. The average molecular weight is 267 g/mol. The van der Waals surface area contributed by atoms with E-state index in [1.807, 2.05) is 6.92 Å². The number of hydrogen-bond acceptors (Lipinski definition) is 4. The zero-order chi connectivity index (χ0) is 14.1. The fraction of sp³-hybridized carbons (Fsp3) is 0.385. The molecule has 0 radical (unpaired) electrons. The standard InChI is InChI=1S/C13H17NO5/c1-2-18-6-7-19-9-12(15)14-11-5-3-4-10(8-11)13(16)17/h3-5,8H,2,6-7,9H2,1H3,(H,14,15)(H,16,17). The Kier molecular flexibility index (Phi) is 6.56. The Balaban J connectivity index is 2.35. The number of carbonyl (C=O) groups excluding carboxylic acids is 1.